The van der Waals surface area contributed by atoms with Crippen LogP contribution in [0.5, 0.6) is 0 Å². The van der Waals surface area contributed by atoms with Gasteiger partial charge in [0.1, 0.15) is 0 Å². The molecule has 2 aromatic carbocycles. The highest BCUT2D eigenvalue weighted by atomic mass is 32.1. The number of benzene rings is 2. The summed E-state index contributed by atoms with van der Waals surface area (Å²) in [6, 6.07) is 12.6. The molecule has 0 aliphatic rings. The fourth-order valence-electron chi connectivity index (χ4n) is 3.10. The number of rotatable bonds is 7. The zero-order chi connectivity index (χ0) is 20.3. The van der Waals surface area contributed by atoms with Crippen LogP contribution in [0.3, 0.4) is 0 Å². The van der Waals surface area contributed by atoms with Crippen LogP contribution >= 0.6 is 11.3 Å². The standard InChI is InChI=1S/C23H29N3OS/c1-6-18-9-10-20-21(14-18)28-23(24-20)26(12-11-25(4)5)22(27)15-19-8-7-16(2)17(3)13-19/h7-10,13-14H,6,11-12,15H2,1-5H3. The Morgan fingerprint density at radius 3 is 2.43 bits per heavy atom. The number of carbonyl (C=O) groups is 1. The normalized spacial score (nSPS) is 11.4. The number of aryl methyl sites for hydroxylation is 3. The van der Waals surface area contributed by atoms with Gasteiger partial charge in [0.15, 0.2) is 5.13 Å². The Kier molecular flexibility index (Phi) is 6.47. The first kappa shape index (κ1) is 20.5. The molecule has 0 spiro atoms. The molecule has 148 valence electrons. The summed E-state index contributed by atoms with van der Waals surface area (Å²) in [5, 5.41) is 0.791. The van der Waals surface area contributed by atoms with Crippen LogP contribution in [0.25, 0.3) is 10.2 Å². The summed E-state index contributed by atoms with van der Waals surface area (Å²) < 4.78 is 1.14. The summed E-state index contributed by atoms with van der Waals surface area (Å²) in [5.74, 6) is 0.0971. The molecule has 0 fully saturated rings. The van der Waals surface area contributed by atoms with E-state index in [1.165, 1.54) is 16.7 Å². The number of aromatic nitrogens is 1. The molecule has 0 N–H and O–H groups in total. The molecule has 0 bridgehead atoms. The molecule has 0 radical (unpaired) electrons. The van der Waals surface area contributed by atoms with E-state index in [2.05, 4.69) is 62.1 Å². The van der Waals surface area contributed by atoms with Gasteiger partial charge in [-0.25, -0.2) is 4.98 Å². The van der Waals surface area contributed by atoms with Crippen molar-refractivity contribution >= 4 is 32.6 Å². The van der Waals surface area contributed by atoms with Crippen LogP contribution in [0.15, 0.2) is 36.4 Å². The van der Waals surface area contributed by atoms with Crippen LogP contribution in [-0.4, -0.2) is 43.0 Å². The van der Waals surface area contributed by atoms with Gasteiger partial charge in [-0.05, 0) is 68.8 Å². The number of fused-ring (bicyclic) bond motifs is 1. The Bertz CT molecular complexity index is 977. The van der Waals surface area contributed by atoms with Crippen LogP contribution < -0.4 is 4.90 Å². The Labute approximate surface area is 171 Å². The number of anilines is 1. The van der Waals surface area contributed by atoms with Crippen LogP contribution in [0.2, 0.25) is 0 Å². The fourth-order valence-corrected chi connectivity index (χ4v) is 4.18. The minimum Gasteiger partial charge on any atom is -0.308 e. The molecule has 0 saturated heterocycles. The Morgan fingerprint density at radius 2 is 1.75 bits per heavy atom. The van der Waals surface area contributed by atoms with Crippen molar-refractivity contribution in [1.29, 1.82) is 0 Å². The van der Waals surface area contributed by atoms with E-state index >= 15 is 0 Å². The smallest absolute Gasteiger partial charge is 0.233 e. The Morgan fingerprint density at radius 1 is 1.00 bits per heavy atom. The number of amides is 1. The van der Waals surface area contributed by atoms with Gasteiger partial charge in [-0.1, -0.05) is 42.5 Å². The summed E-state index contributed by atoms with van der Waals surface area (Å²) in [6.07, 6.45) is 1.39. The highest BCUT2D eigenvalue weighted by Crippen LogP contribution is 2.30. The minimum absolute atomic E-state index is 0.0971. The Balaban J connectivity index is 1.89. The predicted molar refractivity (Wildman–Crippen MR) is 120 cm³/mol. The number of hydrogen-bond donors (Lipinski definition) is 0. The van der Waals surface area contributed by atoms with E-state index in [0.29, 0.717) is 13.0 Å². The summed E-state index contributed by atoms with van der Waals surface area (Å²) in [5.41, 5.74) is 5.78. The lowest BCUT2D eigenvalue weighted by Crippen LogP contribution is -2.37. The van der Waals surface area contributed by atoms with Gasteiger partial charge in [-0.2, -0.15) is 0 Å². The maximum atomic E-state index is 13.2. The lowest BCUT2D eigenvalue weighted by Gasteiger charge is -2.22. The zero-order valence-corrected chi connectivity index (χ0v) is 18.3. The maximum absolute atomic E-state index is 13.2. The van der Waals surface area contributed by atoms with E-state index in [4.69, 9.17) is 4.98 Å². The van der Waals surface area contributed by atoms with Crippen molar-refractivity contribution in [2.75, 3.05) is 32.1 Å². The van der Waals surface area contributed by atoms with E-state index in [9.17, 15) is 4.79 Å². The molecule has 3 rings (SSSR count). The second-order valence-corrected chi connectivity index (χ2v) is 8.61. The average molecular weight is 396 g/mol. The second-order valence-electron chi connectivity index (χ2n) is 7.60. The number of nitrogens with zero attached hydrogens (tertiary/aromatic N) is 3. The average Bonchev–Trinajstić information content (AvgIpc) is 3.07. The molecule has 0 atom stereocenters. The lowest BCUT2D eigenvalue weighted by molar-refractivity contribution is -0.118. The summed E-state index contributed by atoms with van der Waals surface area (Å²) in [6.45, 7) is 7.77. The van der Waals surface area contributed by atoms with Crippen molar-refractivity contribution in [3.8, 4) is 0 Å². The summed E-state index contributed by atoms with van der Waals surface area (Å²) >= 11 is 1.61. The molecule has 0 unspecified atom stereocenters. The van der Waals surface area contributed by atoms with Gasteiger partial charge < -0.3 is 4.90 Å². The SMILES string of the molecule is CCc1ccc2nc(N(CCN(C)C)C(=O)Cc3ccc(C)c(C)c3)sc2c1. The van der Waals surface area contributed by atoms with Crippen molar-refractivity contribution in [2.24, 2.45) is 0 Å². The second kappa shape index (κ2) is 8.84. The zero-order valence-electron chi connectivity index (χ0n) is 17.5. The van der Waals surface area contributed by atoms with Crippen molar-refractivity contribution in [1.82, 2.24) is 9.88 Å². The molecule has 4 nitrogen and oxygen atoms in total. The maximum Gasteiger partial charge on any atom is 0.233 e. The molecule has 5 heteroatoms. The predicted octanol–water partition coefficient (Wildman–Crippen LogP) is 4.61. The molecule has 1 aromatic heterocycles. The van der Waals surface area contributed by atoms with Crippen molar-refractivity contribution < 1.29 is 4.79 Å². The largest absolute Gasteiger partial charge is 0.308 e. The van der Waals surface area contributed by atoms with Gasteiger partial charge in [-0.15, -0.1) is 0 Å². The molecule has 0 aliphatic heterocycles. The third-order valence-electron chi connectivity index (χ3n) is 5.08. The quantitative estimate of drug-likeness (QED) is 0.586. The van der Waals surface area contributed by atoms with E-state index < -0.39 is 0 Å². The van der Waals surface area contributed by atoms with E-state index in [1.54, 1.807) is 11.3 Å². The summed E-state index contributed by atoms with van der Waals surface area (Å²) in [4.78, 5) is 21.9. The minimum atomic E-state index is 0.0971. The van der Waals surface area contributed by atoms with Crippen molar-refractivity contribution in [3.63, 3.8) is 0 Å². The van der Waals surface area contributed by atoms with Gasteiger partial charge in [-0.3, -0.25) is 9.69 Å². The number of carbonyl (C=O) groups excluding carboxylic acids is 1. The molecule has 3 aromatic rings. The molecular weight excluding hydrogens is 366 g/mol. The van der Waals surface area contributed by atoms with Crippen LogP contribution in [0.4, 0.5) is 5.13 Å². The monoisotopic (exact) mass is 395 g/mol. The number of thiazole rings is 1. The third-order valence-corrected chi connectivity index (χ3v) is 6.12. The molecule has 1 heterocycles. The van der Waals surface area contributed by atoms with Crippen LogP contribution in [-0.2, 0) is 17.6 Å². The molecule has 1 amide bonds. The lowest BCUT2D eigenvalue weighted by atomic mass is 10.0. The fraction of sp³-hybridized carbons (Fsp3) is 0.391. The van der Waals surface area contributed by atoms with Gasteiger partial charge in [0.05, 0.1) is 16.6 Å². The van der Waals surface area contributed by atoms with Gasteiger partial charge in [0.2, 0.25) is 5.91 Å². The van der Waals surface area contributed by atoms with Gasteiger partial charge in [0, 0.05) is 13.1 Å². The van der Waals surface area contributed by atoms with Crippen molar-refractivity contribution in [2.45, 2.75) is 33.6 Å². The van der Waals surface area contributed by atoms with E-state index in [0.717, 1.165) is 33.9 Å². The third kappa shape index (κ3) is 4.78. The van der Waals surface area contributed by atoms with Crippen molar-refractivity contribution in [3.05, 3.63) is 58.7 Å². The highest BCUT2D eigenvalue weighted by molar-refractivity contribution is 7.22. The first-order chi connectivity index (χ1) is 13.4. The molecule has 0 aliphatic carbocycles. The van der Waals surface area contributed by atoms with Crippen LogP contribution in [0.1, 0.15) is 29.2 Å². The van der Waals surface area contributed by atoms with Gasteiger partial charge >= 0.3 is 0 Å². The van der Waals surface area contributed by atoms with Gasteiger partial charge in [0.25, 0.3) is 0 Å². The highest BCUT2D eigenvalue weighted by Gasteiger charge is 2.20. The van der Waals surface area contributed by atoms with Crippen LogP contribution in [0, 0.1) is 13.8 Å². The summed E-state index contributed by atoms with van der Waals surface area (Å²) in [7, 11) is 4.05. The topological polar surface area (TPSA) is 36.4 Å². The number of likely N-dealkylation sites (N-methyl/N-ethyl adjacent to an activating group) is 1. The molecular formula is C23H29N3OS. The first-order valence-corrected chi connectivity index (χ1v) is 10.6. The first-order valence-electron chi connectivity index (χ1n) is 9.78. The number of hydrogen-bond acceptors (Lipinski definition) is 4. The van der Waals surface area contributed by atoms with E-state index in [1.807, 2.05) is 19.0 Å². The van der Waals surface area contributed by atoms with E-state index in [-0.39, 0.29) is 5.91 Å². The molecule has 28 heavy (non-hydrogen) atoms. The Hall–Kier alpha value is -2.24. The molecule has 0 saturated carbocycles.